The molecule has 1 N–H and O–H groups in total. The quantitative estimate of drug-likeness (QED) is 0.476. The number of nitrogens with one attached hydrogen (secondary N) is 1. The predicted octanol–water partition coefficient (Wildman–Crippen LogP) is 3.63. The number of hydrogen-bond donors (Lipinski definition) is 1. The van der Waals surface area contributed by atoms with Crippen LogP contribution in [0.3, 0.4) is 0 Å². The first-order valence-corrected chi connectivity index (χ1v) is 13.1. The second-order valence-electron chi connectivity index (χ2n) is 7.66. The van der Waals surface area contributed by atoms with Crippen molar-refractivity contribution in [2.45, 2.75) is 64.8 Å². The van der Waals surface area contributed by atoms with E-state index < -0.39 is 10.0 Å². The third kappa shape index (κ3) is 5.00. The first-order valence-electron chi connectivity index (χ1n) is 10.8. The number of sulfonamides is 1. The molecule has 0 aliphatic carbocycles. The Morgan fingerprint density at radius 2 is 1.91 bits per heavy atom. The summed E-state index contributed by atoms with van der Waals surface area (Å²) in [6.07, 6.45) is 0.673. The van der Waals surface area contributed by atoms with E-state index in [1.54, 1.807) is 18.2 Å². The molecule has 32 heavy (non-hydrogen) atoms. The molecule has 0 fully saturated rings. The number of hydrogen-bond acceptors (Lipinski definition) is 7. The van der Waals surface area contributed by atoms with Crippen LogP contribution in [0.15, 0.2) is 23.1 Å². The Hall–Kier alpha value is -2.37. The molecular weight excluding hydrogens is 448 g/mol. The maximum atomic E-state index is 12.9. The van der Waals surface area contributed by atoms with Crippen molar-refractivity contribution in [3.05, 3.63) is 29.0 Å². The molecule has 0 spiro atoms. The molecule has 3 aromatic rings. The van der Waals surface area contributed by atoms with Gasteiger partial charge in [0, 0.05) is 38.4 Å². The second-order valence-corrected chi connectivity index (χ2v) is 10.6. The molecule has 3 rings (SSSR count). The summed E-state index contributed by atoms with van der Waals surface area (Å²) in [5, 5.41) is 12.3. The number of carbonyl (C=O) groups is 1. The van der Waals surface area contributed by atoms with Gasteiger partial charge in [0.25, 0.3) is 0 Å². The largest absolute Gasteiger partial charge is 0.328 e. The number of fused-ring (bicyclic) bond motifs is 1. The Kier molecular flexibility index (Phi) is 7.63. The standard InChI is InChI=1S/C21H30N6O3S2/c1-6-26(7-2)32(29,30)15-9-10-17-16(13-15)22-18(27(17)8-3)11-12-19(28)23-21-25-24-20(31-21)14(4)5/h9-10,13-14H,6-8,11-12H2,1-5H3,(H,23,25,28). The number of benzene rings is 1. The average molecular weight is 479 g/mol. The van der Waals surface area contributed by atoms with E-state index in [0.717, 1.165) is 16.3 Å². The van der Waals surface area contributed by atoms with Gasteiger partial charge in [-0.15, -0.1) is 10.2 Å². The molecule has 0 saturated heterocycles. The van der Waals surface area contributed by atoms with E-state index in [9.17, 15) is 13.2 Å². The normalized spacial score (nSPS) is 12.2. The summed E-state index contributed by atoms with van der Waals surface area (Å²) in [6.45, 7) is 11.2. The Balaban J connectivity index is 1.78. The summed E-state index contributed by atoms with van der Waals surface area (Å²) in [6, 6.07) is 5.04. The number of carbonyl (C=O) groups excluding carboxylic acids is 1. The van der Waals surface area contributed by atoms with Crippen molar-refractivity contribution >= 4 is 43.4 Å². The number of aryl methyl sites for hydroxylation is 2. The molecule has 0 atom stereocenters. The number of imidazole rings is 1. The molecule has 11 heteroatoms. The van der Waals surface area contributed by atoms with Gasteiger partial charge >= 0.3 is 0 Å². The lowest BCUT2D eigenvalue weighted by molar-refractivity contribution is -0.116. The van der Waals surface area contributed by atoms with Gasteiger partial charge in [-0.2, -0.15) is 4.31 Å². The van der Waals surface area contributed by atoms with Crippen LogP contribution in [0.25, 0.3) is 11.0 Å². The van der Waals surface area contributed by atoms with Gasteiger partial charge in [0.15, 0.2) is 0 Å². The van der Waals surface area contributed by atoms with Crippen LogP contribution in [0.5, 0.6) is 0 Å². The fraction of sp³-hybridized carbons (Fsp3) is 0.524. The van der Waals surface area contributed by atoms with Crippen LogP contribution in [-0.4, -0.2) is 51.5 Å². The molecule has 0 bridgehead atoms. The summed E-state index contributed by atoms with van der Waals surface area (Å²) < 4.78 is 29.2. The highest BCUT2D eigenvalue weighted by Crippen LogP contribution is 2.25. The Morgan fingerprint density at radius 3 is 2.50 bits per heavy atom. The number of anilines is 1. The van der Waals surface area contributed by atoms with Gasteiger partial charge in [-0.1, -0.05) is 39.0 Å². The number of aromatic nitrogens is 4. The summed E-state index contributed by atoms with van der Waals surface area (Å²) in [4.78, 5) is 17.3. The Morgan fingerprint density at radius 1 is 1.19 bits per heavy atom. The van der Waals surface area contributed by atoms with Gasteiger partial charge in [0.2, 0.25) is 21.1 Å². The van der Waals surface area contributed by atoms with E-state index >= 15 is 0 Å². The molecule has 9 nitrogen and oxygen atoms in total. The van der Waals surface area contributed by atoms with Crippen molar-refractivity contribution in [1.29, 1.82) is 0 Å². The van der Waals surface area contributed by atoms with Crippen molar-refractivity contribution in [2.24, 2.45) is 0 Å². The summed E-state index contributed by atoms with van der Waals surface area (Å²) in [5.74, 6) is 0.851. The highest BCUT2D eigenvalue weighted by molar-refractivity contribution is 7.89. The van der Waals surface area contributed by atoms with Gasteiger partial charge < -0.3 is 9.88 Å². The zero-order chi connectivity index (χ0) is 23.5. The van der Waals surface area contributed by atoms with E-state index in [4.69, 9.17) is 0 Å². The molecule has 1 aromatic carbocycles. The van der Waals surface area contributed by atoms with Crippen LogP contribution in [0.2, 0.25) is 0 Å². The van der Waals surface area contributed by atoms with Crippen molar-refractivity contribution < 1.29 is 13.2 Å². The molecule has 2 aromatic heterocycles. The fourth-order valence-electron chi connectivity index (χ4n) is 3.50. The van der Waals surface area contributed by atoms with Gasteiger partial charge in [-0.25, -0.2) is 13.4 Å². The van der Waals surface area contributed by atoms with Crippen molar-refractivity contribution in [3.63, 3.8) is 0 Å². The SMILES string of the molecule is CCN(CC)S(=O)(=O)c1ccc2c(c1)nc(CCC(=O)Nc1nnc(C(C)C)s1)n2CC. The van der Waals surface area contributed by atoms with Crippen molar-refractivity contribution in [1.82, 2.24) is 24.1 Å². The lowest BCUT2D eigenvalue weighted by Gasteiger charge is -2.18. The van der Waals surface area contributed by atoms with Crippen LogP contribution >= 0.6 is 11.3 Å². The first kappa shape index (κ1) is 24.3. The van der Waals surface area contributed by atoms with Gasteiger partial charge in [0.1, 0.15) is 10.8 Å². The van der Waals surface area contributed by atoms with E-state index in [1.807, 2.05) is 39.2 Å². The molecule has 0 saturated carbocycles. The third-order valence-corrected chi connectivity index (χ3v) is 8.40. The number of rotatable bonds is 10. The van der Waals surface area contributed by atoms with Crippen LogP contribution in [-0.2, 0) is 27.8 Å². The zero-order valence-corrected chi connectivity index (χ0v) is 20.8. The summed E-state index contributed by atoms with van der Waals surface area (Å²) in [7, 11) is -3.56. The lowest BCUT2D eigenvalue weighted by Crippen LogP contribution is -2.30. The molecular formula is C21H30N6O3S2. The molecule has 0 aliphatic rings. The van der Waals surface area contributed by atoms with E-state index in [-0.39, 0.29) is 23.1 Å². The van der Waals surface area contributed by atoms with Crippen LogP contribution in [0.4, 0.5) is 5.13 Å². The lowest BCUT2D eigenvalue weighted by atomic mass is 10.2. The molecule has 0 aliphatic heterocycles. The van der Waals surface area contributed by atoms with Gasteiger partial charge in [-0.3, -0.25) is 4.79 Å². The van der Waals surface area contributed by atoms with Crippen molar-refractivity contribution in [3.8, 4) is 0 Å². The van der Waals surface area contributed by atoms with E-state index in [0.29, 0.717) is 36.7 Å². The van der Waals surface area contributed by atoms with E-state index in [2.05, 4.69) is 20.5 Å². The smallest absolute Gasteiger partial charge is 0.243 e. The highest BCUT2D eigenvalue weighted by Gasteiger charge is 2.23. The average Bonchev–Trinajstić information content (AvgIpc) is 3.36. The maximum Gasteiger partial charge on any atom is 0.243 e. The fourth-order valence-corrected chi connectivity index (χ4v) is 5.74. The first-order chi connectivity index (χ1) is 15.2. The van der Waals surface area contributed by atoms with E-state index in [1.165, 1.54) is 15.6 Å². The minimum Gasteiger partial charge on any atom is -0.328 e. The van der Waals surface area contributed by atoms with Gasteiger partial charge in [-0.05, 0) is 25.1 Å². The summed E-state index contributed by atoms with van der Waals surface area (Å²) in [5.41, 5.74) is 1.47. The van der Waals surface area contributed by atoms with Crippen LogP contribution in [0, 0.1) is 0 Å². The number of amides is 1. The number of nitrogens with zero attached hydrogens (tertiary/aromatic N) is 5. The minimum absolute atomic E-state index is 0.157. The molecule has 0 unspecified atom stereocenters. The monoisotopic (exact) mass is 478 g/mol. The zero-order valence-electron chi connectivity index (χ0n) is 19.1. The second kappa shape index (κ2) is 10.1. The molecule has 174 valence electrons. The van der Waals surface area contributed by atoms with Crippen LogP contribution in [0.1, 0.15) is 57.8 Å². The minimum atomic E-state index is -3.56. The molecule has 2 heterocycles. The molecule has 1 amide bonds. The highest BCUT2D eigenvalue weighted by atomic mass is 32.2. The predicted molar refractivity (Wildman–Crippen MR) is 126 cm³/mol. The maximum absolute atomic E-state index is 12.9. The van der Waals surface area contributed by atoms with Crippen LogP contribution < -0.4 is 5.32 Å². The Bertz CT molecular complexity index is 1200. The van der Waals surface area contributed by atoms with Gasteiger partial charge in [0.05, 0.1) is 15.9 Å². The summed E-state index contributed by atoms with van der Waals surface area (Å²) >= 11 is 1.38. The Labute approximate surface area is 192 Å². The topological polar surface area (TPSA) is 110 Å². The van der Waals surface area contributed by atoms with Crippen molar-refractivity contribution in [2.75, 3.05) is 18.4 Å². The molecule has 0 radical (unpaired) electrons. The third-order valence-electron chi connectivity index (χ3n) is 5.21.